The van der Waals surface area contributed by atoms with Crippen LogP contribution in [0.5, 0.6) is 11.5 Å². The van der Waals surface area contributed by atoms with E-state index in [0.717, 1.165) is 29.2 Å². The van der Waals surface area contributed by atoms with E-state index >= 15 is 0 Å². The molecule has 0 amide bonds. The molecule has 0 radical (unpaired) electrons. The van der Waals surface area contributed by atoms with Crippen molar-refractivity contribution in [3.63, 3.8) is 0 Å². The zero-order valence-electron chi connectivity index (χ0n) is 11.7. The molecule has 3 rings (SSSR count). The van der Waals surface area contributed by atoms with Gasteiger partial charge in [0.1, 0.15) is 17.6 Å². The fourth-order valence-electron chi connectivity index (χ4n) is 2.18. The van der Waals surface area contributed by atoms with E-state index in [0.29, 0.717) is 0 Å². The molecule has 0 saturated heterocycles. The van der Waals surface area contributed by atoms with Gasteiger partial charge in [-0.2, -0.15) is 0 Å². The minimum absolute atomic E-state index is 0.0552. The number of rotatable bonds is 4. The van der Waals surface area contributed by atoms with Crippen molar-refractivity contribution in [1.29, 1.82) is 0 Å². The lowest BCUT2D eigenvalue weighted by Crippen LogP contribution is -2.18. The second-order valence-corrected chi connectivity index (χ2v) is 5.69. The van der Waals surface area contributed by atoms with Crippen LogP contribution in [0.2, 0.25) is 0 Å². The van der Waals surface area contributed by atoms with E-state index in [1.807, 2.05) is 61.5 Å². The maximum Gasteiger partial charge on any atom is 0.149 e. The fraction of sp³-hybridized carbons (Fsp3) is 0.235. The van der Waals surface area contributed by atoms with Crippen LogP contribution in [-0.2, 0) is 4.84 Å². The van der Waals surface area contributed by atoms with Crippen molar-refractivity contribution in [3.05, 3.63) is 60.2 Å². The van der Waals surface area contributed by atoms with Gasteiger partial charge in [0.25, 0.3) is 0 Å². The third kappa shape index (κ3) is 3.37. The number of hydrogen-bond donors (Lipinski definition) is 0. The molecule has 1 aliphatic heterocycles. The molecule has 2 aromatic rings. The first kappa shape index (κ1) is 14.0. The zero-order valence-corrected chi connectivity index (χ0v) is 12.5. The van der Waals surface area contributed by atoms with Crippen LogP contribution < -0.4 is 4.74 Å². The summed E-state index contributed by atoms with van der Waals surface area (Å²) in [5.41, 5.74) is 1.91. The van der Waals surface area contributed by atoms with Gasteiger partial charge in [0.15, 0.2) is 0 Å². The van der Waals surface area contributed by atoms with Crippen molar-refractivity contribution in [2.75, 3.05) is 0 Å². The number of hydrogen-bond acceptors (Lipinski definition) is 3. The SMILES string of the molecule is CC(Cl)C1CC(c2cccc(Oc3ccccc3)c2)=NO1. The second-order valence-electron chi connectivity index (χ2n) is 5.01. The highest BCUT2D eigenvalue weighted by atomic mass is 35.5. The zero-order chi connectivity index (χ0) is 14.7. The van der Waals surface area contributed by atoms with Crippen LogP contribution in [0.1, 0.15) is 18.9 Å². The molecule has 21 heavy (non-hydrogen) atoms. The largest absolute Gasteiger partial charge is 0.457 e. The topological polar surface area (TPSA) is 30.8 Å². The van der Waals surface area contributed by atoms with Crippen molar-refractivity contribution in [3.8, 4) is 11.5 Å². The lowest BCUT2D eigenvalue weighted by atomic mass is 10.0. The summed E-state index contributed by atoms with van der Waals surface area (Å²) in [6, 6.07) is 17.5. The molecule has 0 aliphatic carbocycles. The summed E-state index contributed by atoms with van der Waals surface area (Å²) >= 11 is 6.05. The van der Waals surface area contributed by atoms with Crippen LogP contribution in [0.15, 0.2) is 59.8 Å². The summed E-state index contributed by atoms with van der Waals surface area (Å²) in [6.45, 7) is 1.92. The van der Waals surface area contributed by atoms with Gasteiger partial charge in [0.2, 0.25) is 0 Å². The van der Waals surface area contributed by atoms with Crippen molar-refractivity contribution in [1.82, 2.24) is 0 Å². The summed E-state index contributed by atoms with van der Waals surface area (Å²) in [6.07, 6.45) is 0.666. The predicted molar refractivity (Wildman–Crippen MR) is 84.3 cm³/mol. The average molecular weight is 302 g/mol. The molecular formula is C17H16ClNO2. The highest BCUT2D eigenvalue weighted by Crippen LogP contribution is 2.26. The van der Waals surface area contributed by atoms with Gasteiger partial charge in [-0.15, -0.1) is 11.6 Å². The maximum atomic E-state index is 6.05. The molecule has 0 fully saturated rings. The average Bonchev–Trinajstić information content (AvgIpc) is 2.99. The van der Waals surface area contributed by atoms with Crippen LogP contribution >= 0.6 is 11.6 Å². The Morgan fingerprint density at radius 1 is 1.14 bits per heavy atom. The predicted octanol–water partition coefficient (Wildman–Crippen LogP) is 4.60. The van der Waals surface area contributed by atoms with Crippen molar-refractivity contribution in [2.45, 2.75) is 24.8 Å². The van der Waals surface area contributed by atoms with E-state index in [9.17, 15) is 0 Å². The number of ether oxygens (including phenoxy) is 1. The second kappa shape index (κ2) is 6.19. The first-order chi connectivity index (χ1) is 10.2. The molecule has 4 heteroatoms. The lowest BCUT2D eigenvalue weighted by molar-refractivity contribution is 0.0855. The molecule has 0 spiro atoms. The highest BCUT2D eigenvalue weighted by molar-refractivity contribution is 6.21. The minimum Gasteiger partial charge on any atom is -0.457 e. The van der Waals surface area contributed by atoms with E-state index < -0.39 is 0 Å². The molecule has 2 aromatic carbocycles. The van der Waals surface area contributed by atoms with Crippen LogP contribution in [0.4, 0.5) is 0 Å². The van der Waals surface area contributed by atoms with Crippen molar-refractivity contribution >= 4 is 17.3 Å². The Bertz CT molecular complexity index is 640. The van der Waals surface area contributed by atoms with E-state index in [4.69, 9.17) is 21.2 Å². The molecule has 0 aromatic heterocycles. The van der Waals surface area contributed by atoms with E-state index in [1.165, 1.54) is 0 Å². The molecule has 2 atom stereocenters. The van der Waals surface area contributed by atoms with E-state index in [1.54, 1.807) is 0 Å². The van der Waals surface area contributed by atoms with Gasteiger partial charge in [-0.1, -0.05) is 35.5 Å². The highest BCUT2D eigenvalue weighted by Gasteiger charge is 2.26. The Hall–Kier alpha value is -2.00. The lowest BCUT2D eigenvalue weighted by Gasteiger charge is -2.09. The molecular weight excluding hydrogens is 286 g/mol. The van der Waals surface area contributed by atoms with Crippen LogP contribution in [0.3, 0.4) is 0 Å². The van der Waals surface area contributed by atoms with Gasteiger partial charge in [-0.25, -0.2) is 0 Å². The molecule has 108 valence electrons. The van der Waals surface area contributed by atoms with Gasteiger partial charge in [-0.05, 0) is 31.2 Å². The quantitative estimate of drug-likeness (QED) is 0.773. The molecule has 0 N–H and O–H groups in total. The first-order valence-corrected chi connectivity index (χ1v) is 7.36. The van der Waals surface area contributed by atoms with Gasteiger partial charge in [0, 0.05) is 12.0 Å². The Morgan fingerprint density at radius 3 is 2.62 bits per heavy atom. The molecule has 2 unspecified atom stereocenters. The van der Waals surface area contributed by atoms with Crippen LogP contribution in [0, 0.1) is 0 Å². The molecule has 0 saturated carbocycles. The third-order valence-electron chi connectivity index (χ3n) is 3.35. The van der Waals surface area contributed by atoms with Gasteiger partial charge < -0.3 is 9.57 Å². The normalized spacial score (nSPS) is 18.8. The standard InChI is InChI=1S/C17H16ClNO2/c1-12(18)17-11-16(19-21-17)13-6-5-9-15(10-13)20-14-7-3-2-4-8-14/h2-10,12,17H,11H2,1H3. The smallest absolute Gasteiger partial charge is 0.149 e. The van der Waals surface area contributed by atoms with Crippen molar-refractivity contribution < 1.29 is 9.57 Å². The fourth-order valence-corrected chi connectivity index (χ4v) is 2.31. The van der Waals surface area contributed by atoms with E-state index in [2.05, 4.69) is 5.16 Å². The number of nitrogens with zero attached hydrogens (tertiary/aromatic N) is 1. The monoisotopic (exact) mass is 301 g/mol. The number of benzene rings is 2. The Balaban J connectivity index is 1.75. The van der Waals surface area contributed by atoms with Crippen LogP contribution in [0.25, 0.3) is 0 Å². The number of halogens is 1. The Labute approximate surface area is 129 Å². The number of para-hydroxylation sites is 1. The molecule has 3 nitrogen and oxygen atoms in total. The molecule has 1 aliphatic rings. The van der Waals surface area contributed by atoms with Gasteiger partial charge in [-0.3, -0.25) is 0 Å². The summed E-state index contributed by atoms with van der Waals surface area (Å²) in [5, 5.41) is 4.07. The third-order valence-corrected chi connectivity index (χ3v) is 3.63. The van der Waals surface area contributed by atoms with Gasteiger partial charge in [0.05, 0.1) is 11.1 Å². The number of alkyl halides is 1. The summed E-state index contributed by atoms with van der Waals surface area (Å²) in [5.74, 6) is 1.59. The Kier molecular flexibility index (Phi) is 4.11. The Morgan fingerprint density at radius 2 is 1.90 bits per heavy atom. The number of oxime groups is 1. The molecule has 0 bridgehead atoms. The first-order valence-electron chi connectivity index (χ1n) is 6.92. The van der Waals surface area contributed by atoms with Gasteiger partial charge >= 0.3 is 0 Å². The van der Waals surface area contributed by atoms with Crippen molar-refractivity contribution in [2.24, 2.45) is 5.16 Å². The van der Waals surface area contributed by atoms with Crippen LogP contribution in [-0.4, -0.2) is 17.2 Å². The summed E-state index contributed by atoms with van der Waals surface area (Å²) in [4.78, 5) is 5.35. The maximum absolute atomic E-state index is 6.05. The summed E-state index contributed by atoms with van der Waals surface area (Å²) < 4.78 is 5.83. The minimum atomic E-state index is -0.0602. The summed E-state index contributed by atoms with van der Waals surface area (Å²) in [7, 11) is 0. The van der Waals surface area contributed by atoms with E-state index in [-0.39, 0.29) is 11.5 Å². The molecule has 1 heterocycles.